The van der Waals surface area contributed by atoms with Gasteiger partial charge in [0.1, 0.15) is 0 Å². The molecule has 0 aliphatic heterocycles. The maximum absolute atomic E-state index is 5.98. The summed E-state index contributed by atoms with van der Waals surface area (Å²) in [4.78, 5) is 8.53. The van der Waals surface area contributed by atoms with Crippen LogP contribution >= 0.6 is 11.6 Å². The maximum atomic E-state index is 5.98. The van der Waals surface area contributed by atoms with Gasteiger partial charge in [0.05, 0.1) is 0 Å². The van der Waals surface area contributed by atoms with Crippen molar-refractivity contribution in [3.63, 3.8) is 0 Å². The van der Waals surface area contributed by atoms with Gasteiger partial charge in [0, 0.05) is 28.4 Å². The fourth-order valence-electron chi connectivity index (χ4n) is 1.79. The molecule has 0 radical (unpaired) electrons. The van der Waals surface area contributed by atoms with Gasteiger partial charge >= 0.3 is 0 Å². The van der Waals surface area contributed by atoms with Crippen LogP contribution < -0.4 is 0 Å². The second-order valence-corrected chi connectivity index (χ2v) is 4.22. The first kappa shape index (κ1) is 10.2. The molecule has 82 valence electrons. The molecule has 3 aromatic rings. The van der Waals surface area contributed by atoms with Gasteiger partial charge in [-0.05, 0) is 35.9 Å². The summed E-state index contributed by atoms with van der Waals surface area (Å²) in [5.41, 5.74) is 2.88. The van der Waals surface area contributed by atoms with Crippen LogP contribution in [-0.2, 0) is 0 Å². The number of halogens is 1. The van der Waals surface area contributed by atoms with Crippen molar-refractivity contribution in [2.45, 2.75) is 0 Å². The number of hydrogen-bond donors (Lipinski definition) is 0. The molecular weight excluding hydrogens is 232 g/mol. The molecule has 0 atom stereocenters. The Hall–Kier alpha value is -1.93. The van der Waals surface area contributed by atoms with E-state index in [4.69, 9.17) is 11.6 Å². The maximum Gasteiger partial charge on any atom is 0.159 e. The SMILES string of the molecule is Clc1cccc(-c2cnc3ncccc3c2)c1. The Balaban J connectivity index is 2.18. The molecule has 1 aromatic carbocycles. The summed E-state index contributed by atoms with van der Waals surface area (Å²) in [6, 6.07) is 13.7. The quantitative estimate of drug-likeness (QED) is 0.644. The van der Waals surface area contributed by atoms with Crippen LogP contribution in [0.2, 0.25) is 5.02 Å². The molecular formula is C14H9ClN2. The number of rotatable bonds is 1. The van der Waals surface area contributed by atoms with E-state index in [9.17, 15) is 0 Å². The van der Waals surface area contributed by atoms with E-state index in [1.807, 2.05) is 42.6 Å². The molecule has 0 aliphatic carbocycles. The lowest BCUT2D eigenvalue weighted by Gasteiger charge is -2.03. The van der Waals surface area contributed by atoms with Crippen molar-refractivity contribution >= 4 is 22.6 Å². The van der Waals surface area contributed by atoms with Crippen LogP contribution in [0.15, 0.2) is 54.9 Å². The summed E-state index contributed by atoms with van der Waals surface area (Å²) >= 11 is 5.98. The smallest absolute Gasteiger partial charge is 0.159 e. The normalized spacial score (nSPS) is 10.6. The Morgan fingerprint density at radius 2 is 1.82 bits per heavy atom. The number of fused-ring (bicyclic) bond motifs is 1. The van der Waals surface area contributed by atoms with E-state index >= 15 is 0 Å². The summed E-state index contributed by atoms with van der Waals surface area (Å²) in [5.74, 6) is 0. The van der Waals surface area contributed by atoms with Crippen molar-refractivity contribution in [1.82, 2.24) is 9.97 Å². The van der Waals surface area contributed by atoms with Gasteiger partial charge < -0.3 is 0 Å². The van der Waals surface area contributed by atoms with Crippen molar-refractivity contribution < 1.29 is 0 Å². The molecule has 0 saturated heterocycles. The molecule has 0 N–H and O–H groups in total. The largest absolute Gasteiger partial charge is 0.237 e. The fraction of sp³-hybridized carbons (Fsp3) is 0. The average molecular weight is 241 g/mol. The Labute approximate surface area is 104 Å². The zero-order chi connectivity index (χ0) is 11.7. The van der Waals surface area contributed by atoms with Crippen LogP contribution in [0.5, 0.6) is 0 Å². The molecule has 0 fully saturated rings. The Morgan fingerprint density at radius 1 is 0.882 bits per heavy atom. The lowest BCUT2D eigenvalue weighted by Crippen LogP contribution is -1.85. The van der Waals surface area contributed by atoms with Gasteiger partial charge in [0.15, 0.2) is 5.65 Å². The van der Waals surface area contributed by atoms with Crippen LogP contribution in [0.25, 0.3) is 22.2 Å². The zero-order valence-corrected chi connectivity index (χ0v) is 9.72. The molecule has 2 nitrogen and oxygen atoms in total. The Morgan fingerprint density at radius 3 is 2.71 bits per heavy atom. The highest BCUT2D eigenvalue weighted by Crippen LogP contribution is 2.24. The molecule has 0 spiro atoms. The first-order chi connectivity index (χ1) is 8.33. The monoisotopic (exact) mass is 240 g/mol. The average Bonchev–Trinajstić information content (AvgIpc) is 2.38. The van der Waals surface area contributed by atoms with E-state index in [2.05, 4.69) is 16.0 Å². The molecule has 3 heteroatoms. The Bertz CT molecular complexity index is 680. The summed E-state index contributed by atoms with van der Waals surface area (Å²) in [5, 5.41) is 1.76. The minimum absolute atomic E-state index is 0.730. The fourth-order valence-corrected chi connectivity index (χ4v) is 1.98. The van der Waals surface area contributed by atoms with E-state index in [1.165, 1.54) is 0 Å². The van der Waals surface area contributed by atoms with E-state index < -0.39 is 0 Å². The number of nitrogens with zero attached hydrogens (tertiary/aromatic N) is 2. The minimum atomic E-state index is 0.730. The predicted molar refractivity (Wildman–Crippen MR) is 70.0 cm³/mol. The van der Waals surface area contributed by atoms with Crippen molar-refractivity contribution in [3.05, 3.63) is 59.9 Å². The molecule has 2 aromatic heterocycles. The second kappa shape index (κ2) is 4.15. The highest BCUT2D eigenvalue weighted by Gasteiger charge is 2.01. The van der Waals surface area contributed by atoms with Crippen molar-refractivity contribution in [2.24, 2.45) is 0 Å². The van der Waals surface area contributed by atoms with Crippen molar-refractivity contribution in [2.75, 3.05) is 0 Å². The predicted octanol–water partition coefficient (Wildman–Crippen LogP) is 3.95. The lowest BCUT2D eigenvalue weighted by atomic mass is 10.1. The van der Waals surface area contributed by atoms with Crippen LogP contribution in [0.3, 0.4) is 0 Å². The highest BCUT2D eigenvalue weighted by atomic mass is 35.5. The second-order valence-electron chi connectivity index (χ2n) is 3.78. The van der Waals surface area contributed by atoms with Gasteiger partial charge in [-0.3, -0.25) is 0 Å². The first-order valence-corrected chi connectivity index (χ1v) is 5.67. The summed E-state index contributed by atoms with van der Waals surface area (Å²) < 4.78 is 0. The number of hydrogen-bond acceptors (Lipinski definition) is 2. The molecule has 0 saturated carbocycles. The van der Waals surface area contributed by atoms with Crippen molar-refractivity contribution in [1.29, 1.82) is 0 Å². The van der Waals surface area contributed by atoms with Gasteiger partial charge in [-0.1, -0.05) is 23.7 Å². The molecule has 0 amide bonds. The first-order valence-electron chi connectivity index (χ1n) is 5.30. The van der Waals surface area contributed by atoms with Crippen LogP contribution in [0.1, 0.15) is 0 Å². The third kappa shape index (κ3) is 1.99. The van der Waals surface area contributed by atoms with Gasteiger partial charge in [-0.25, -0.2) is 9.97 Å². The van der Waals surface area contributed by atoms with Crippen LogP contribution in [0, 0.1) is 0 Å². The minimum Gasteiger partial charge on any atom is -0.237 e. The number of benzene rings is 1. The molecule has 3 rings (SSSR count). The van der Waals surface area contributed by atoms with E-state index in [-0.39, 0.29) is 0 Å². The topological polar surface area (TPSA) is 25.8 Å². The number of pyridine rings is 2. The third-order valence-corrected chi connectivity index (χ3v) is 2.85. The standard InChI is InChI=1S/C14H9ClN2/c15-13-5-1-3-10(8-13)12-7-11-4-2-6-16-14(11)17-9-12/h1-9H. The van der Waals surface area contributed by atoms with E-state index in [0.717, 1.165) is 27.2 Å². The van der Waals surface area contributed by atoms with Gasteiger partial charge in [-0.2, -0.15) is 0 Å². The van der Waals surface area contributed by atoms with E-state index in [1.54, 1.807) is 6.20 Å². The third-order valence-electron chi connectivity index (χ3n) is 2.61. The van der Waals surface area contributed by atoms with E-state index in [0.29, 0.717) is 0 Å². The summed E-state index contributed by atoms with van der Waals surface area (Å²) in [7, 11) is 0. The molecule has 0 bridgehead atoms. The molecule has 2 heterocycles. The molecule has 0 aliphatic rings. The highest BCUT2D eigenvalue weighted by molar-refractivity contribution is 6.30. The van der Waals surface area contributed by atoms with Crippen molar-refractivity contribution in [3.8, 4) is 11.1 Å². The van der Waals surface area contributed by atoms with Crippen LogP contribution in [-0.4, -0.2) is 9.97 Å². The zero-order valence-electron chi connectivity index (χ0n) is 8.97. The molecule has 17 heavy (non-hydrogen) atoms. The lowest BCUT2D eigenvalue weighted by molar-refractivity contribution is 1.29. The van der Waals surface area contributed by atoms with Gasteiger partial charge in [-0.15, -0.1) is 0 Å². The molecule has 0 unspecified atom stereocenters. The van der Waals surface area contributed by atoms with Gasteiger partial charge in [0.25, 0.3) is 0 Å². The summed E-state index contributed by atoms with van der Waals surface area (Å²) in [6.07, 6.45) is 3.56. The summed E-state index contributed by atoms with van der Waals surface area (Å²) in [6.45, 7) is 0. The Kier molecular flexibility index (Phi) is 2.50. The van der Waals surface area contributed by atoms with Crippen LogP contribution in [0.4, 0.5) is 0 Å². The van der Waals surface area contributed by atoms with Gasteiger partial charge in [0.2, 0.25) is 0 Å². The number of aromatic nitrogens is 2.